The van der Waals surface area contributed by atoms with Crippen molar-refractivity contribution in [1.82, 2.24) is 29.9 Å². The average molecular weight is 406 g/mol. The molecule has 0 aliphatic carbocycles. The van der Waals surface area contributed by atoms with Gasteiger partial charge in [0.2, 0.25) is 11.7 Å². The third-order valence-corrected chi connectivity index (χ3v) is 6.06. The Morgan fingerprint density at radius 3 is 2.63 bits per heavy atom. The van der Waals surface area contributed by atoms with Crippen molar-refractivity contribution in [3.05, 3.63) is 54.3 Å². The molecule has 0 bridgehead atoms. The molecule has 2 fully saturated rings. The number of pyridine rings is 2. The summed E-state index contributed by atoms with van der Waals surface area (Å²) >= 11 is 0. The van der Waals surface area contributed by atoms with Crippen molar-refractivity contribution in [2.75, 3.05) is 44.7 Å². The molecule has 5 heterocycles. The van der Waals surface area contributed by atoms with Crippen molar-refractivity contribution in [1.29, 1.82) is 0 Å². The maximum absolute atomic E-state index is 5.67. The van der Waals surface area contributed by atoms with Gasteiger partial charge in [-0.05, 0) is 56.3 Å². The van der Waals surface area contributed by atoms with E-state index in [0.29, 0.717) is 11.7 Å². The van der Waals surface area contributed by atoms with Crippen molar-refractivity contribution in [3.8, 4) is 11.4 Å². The predicted molar refractivity (Wildman–Crippen MR) is 114 cm³/mol. The van der Waals surface area contributed by atoms with E-state index in [1.165, 1.54) is 5.56 Å². The fraction of sp³-hybridized carbons (Fsp3) is 0.455. The Labute approximate surface area is 176 Å². The molecule has 8 heteroatoms. The average Bonchev–Trinajstić information content (AvgIpc) is 3.45. The van der Waals surface area contributed by atoms with Gasteiger partial charge in [0.05, 0.1) is 6.04 Å². The summed E-state index contributed by atoms with van der Waals surface area (Å²) in [5.41, 5.74) is 2.14. The molecule has 8 nitrogen and oxygen atoms in total. The Balaban J connectivity index is 1.28. The molecule has 3 aromatic rings. The molecule has 0 amide bonds. The highest BCUT2D eigenvalue weighted by atomic mass is 16.5. The number of hydrogen-bond donors (Lipinski definition) is 0. The second kappa shape index (κ2) is 8.49. The van der Waals surface area contributed by atoms with Crippen molar-refractivity contribution >= 4 is 5.82 Å². The Kier molecular flexibility index (Phi) is 5.42. The number of piperazine rings is 1. The normalized spacial score (nSPS) is 20.7. The van der Waals surface area contributed by atoms with Crippen LogP contribution in [0.5, 0.6) is 0 Å². The summed E-state index contributed by atoms with van der Waals surface area (Å²) in [6.45, 7) is 6.04. The third-order valence-electron chi connectivity index (χ3n) is 6.06. The molecule has 0 spiro atoms. The van der Waals surface area contributed by atoms with Crippen LogP contribution in [0.25, 0.3) is 11.4 Å². The molecule has 0 radical (unpaired) electrons. The molecule has 0 N–H and O–H groups in total. The van der Waals surface area contributed by atoms with E-state index < -0.39 is 0 Å². The Morgan fingerprint density at radius 1 is 1.03 bits per heavy atom. The van der Waals surface area contributed by atoms with Crippen LogP contribution in [0, 0.1) is 0 Å². The van der Waals surface area contributed by atoms with Gasteiger partial charge >= 0.3 is 0 Å². The summed E-state index contributed by atoms with van der Waals surface area (Å²) in [7, 11) is 2.16. The van der Waals surface area contributed by atoms with Crippen molar-refractivity contribution < 1.29 is 4.52 Å². The maximum atomic E-state index is 5.67. The molecule has 2 aliphatic rings. The number of anilines is 1. The standard InChI is InChI=1S/C22H27N7O/c1-27-11-13-28(14-12-27)20-5-4-18(15-24-20)21-25-22(30-26-21)19-3-2-10-29(19)16-17-6-8-23-9-7-17/h4-9,15,19H,2-3,10-14,16H2,1H3. The van der Waals surface area contributed by atoms with Crippen molar-refractivity contribution in [2.24, 2.45) is 0 Å². The smallest absolute Gasteiger partial charge is 0.244 e. The second-order valence-electron chi connectivity index (χ2n) is 8.14. The lowest BCUT2D eigenvalue weighted by molar-refractivity contribution is 0.201. The van der Waals surface area contributed by atoms with Gasteiger partial charge in [0.15, 0.2) is 0 Å². The highest BCUT2D eigenvalue weighted by Crippen LogP contribution is 2.33. The van der Waals surface area contributed by atoms with Gasteiger partial charge in [0.1, 0.15) is 5.82 Å². The summed E-state index contributed by atoms with van der Waals surface area (Å²) in [4.78, 5) is 20.5. The largest absolute Gasteiger partial charge is 0.354 e. The topological polar surface area (TPSA) is 74.4 Å². The maximum Gasteiger partial charge on any atom is 0.244 e. The lowest BCUT2D eigenvalue weighted by Crippen LogP contribution is -2.44. The molecule has 1 unspecified atom stereocenters. The molecule has 0 saturated carbocycles. The van der Waals surface area contributed by atoms with E-state index in [9.17, 15) is 0 Å². The quantitative estimate of drug-likeness (QED) is 0.641. The van der Waals surface area contributed by atoms with E-state index in [4.69, 9.17) is 9.51 Å². The highest BCUT2D eigenvalue weighted by Gasteiger charge is 2.31. The van der Waals surface area contributed by atoms with Crippen LogP contribution in [-0.2, 0) is 6.54 Å². The van der Waals surface area contributed by atoms with Gasteiger partial charge in [0, 0.05) is 56.9 Å². The minimum Gasteiger partial charge on any atom is -0.354 e. The second-order valence-corrected chi connectivity index (χ2v) is 8.14. The van der Waals surface area contributed by atoms with Gasteiger partial charge < -0.3 is 14.3 Å². The molecular weight excluding hydrogens is 378 g/mol. The fourth-order valence-corrected chi connectivity index (χ4v) is 4.25. The van der Waals surface area contributed by atoms with E-state index in [1.807, 2.05) is 24.7 Å². The highest BCUT2D eigenvalue weighted by molar-refractivity contribution is 5.56. The van der Waals surface area contributed by atoms with Crippen LogP contribution >= 0.6 is 0 Å². The van der Waals surface area contributed by atoms with Gasteiger partial charge in [-0.25, -0.2) is 4.98 Å². The molecule has 2 saturated heterocycles. The van der Waals surface area contributed by atoms with Crippen molar-refractivity contribution in [3.63, 3.8) is 0 Å². The van der Waals surface area contributed by atoms with Crippen LogP contribution in [0.15, 0.2) is 47.4 Å². The predicted octanol–water partition coefficient (Wildman–Crippen LogP) is 2.62. The number of rotatable bonds is 5. The van der Waals surface area contributed by atoms with Gasteiger partial charge in [-0.1, -0.05) is 5.16 Å². The van der Waals surface area contributed by atoms with E-state index in [0.717, 1.165) is 63.5 Å². The molecule has 1 atom stereocenters. The van der Waals surface area contributed by atoms with Crippen LogP contribution in [-0.4, -0.2) is 69.7 Å². The van der Waals surface area contributed by atoms with Gasteiger partial charge in [-0.3, -0.25) is 9.88 Å². The van der Waals surface area contributed by atoms with Crippen LogP contribution in [0.1, 0.15) is 30.3 Å². The molecule has 30 heavy (non-hydrogen) atoms. The zero-order valence-corrected chi connectivity index (χ0v) is 17.3. The van der Waals surface area contributed by atoms with Gasteiger partial charge in [0.25, 0.3) is 0 Å². The minimum absolute atomic E-state index is 0.164. The first-order valence-corrected chi connectivity index (χ1v) is 10.6. The number of aromatic nitrogens is 4. The van der Waals surface area contributed by atoms with Crippen LogP contribution < -0.4 is 4.90 Å². The Morgan fingerprint density at radius 2 is 1.87 bits per heavy atom. The minimum atomic E-state index is 0.164. The van der Waals surface area contributed by atoms with Crippen LogP contribution in [0.3, 0.4) is 0 Å². The summed E-state index contributed by atoms with van der Waals surface area (Å²) in [6.07, 6.45) is 7.70. The molecular formula is C22H27N7O. The van der Waals surface area contributed by atoms with E-state index in [-0.39, 0.29) is 6.04 Å². The summed E-state index contributed by atoms with van der Waals surface area (Å²) in [5, 5.41) is 4.24. The van der Waals surface area contributed by atoms with Gasteiger partial charge in [-0.15, -0.1) is 0 Å². The Bertz CT molecular complexity index is 951. The number of hydrogen-bond acceptors (Lipinski definition) is 8. The molecule has 2 aliphatic heterocycles. The first-order chi connectivity index (χ1) is 14.8. The molecule has 0 aromatic carbocycles. The van der Waals surface area contributed by atoms with Crippen molar-refractivity contribution in [2.45, 2.75) is 25.4 Å². The summed E-state index contributed by atoms with van der Waals surface area (Å²) in [5.74, 6) is 2.31. The first-order valence-electron chi connectivity index (χ1n) is 10.6. The van der Waals surface area contributed by atoms with Gasteiger partial charge in [-0.2, -0.15) is 4.98 Å². The monoisotopic (exact) mass is 405 g/mol. The van der Waals surface area contributed by atoms with Crippen LogP contribution in [0.4, 0.5) is 5.82 Å². The molecule has 156 valence electrons. The Hall–Kier alpha value is -2.84. The zero-order chi connectivity index (χ0) is 20.3. The third kappa shape index (κ3) is 4.06. The molecule has 5 rings (SSSR count). The number of likely N-dealkylation sites (tertiary alicyclic amines) is 1. The first kappa shape index (κ1) is 19.1. The number of nitrogens with zero attached hydrogens (tertiary/aromatic N) is 7. The fourth-order valence-electron chi connectivity index (χ4n) is 4.25. The number of likely N-dealkylation sites (N-methyl/N-ethyl adjacent to an activating group) is 1. The van der Waals surface area contributed by atoms with E-state index >= 15 is 0 Å². The SMILES string of the molecule is CN1CCN(c2ccc(-c3noc(C4CCCN4Cc4ccncc4)n3)cn2)CC1. The summed E-state index contributed by atoms with van der Waals surface area (Å²) < 4.78 is 5.67. The van der Waals surface area contributed by atoms with E-state index in [2.05, 4.69) is 55.1 Å². The lowest BCUT2D eigenvalue weighted by Gasteiger charge is -2.33. The molecule has 3 aromatic heterocycles. The lowest BCUT2D eigenvalue weighted by atomic mass is 10.2. The zero-order valence-electron chi connectivity index (χ0n) is 17.3. The summed E-state index contributed by atoms with van der Waals surface area (Å²) in [6, 6.07) is 8.38. The van der Waals surface area contributed by atoms with Crippen LogP contribution in [0.2, 0.25) is 0 Å². The van der Waals surface area contributed by atoms with E-state index in [1.54, 1.807) is 0 Å².